The second kappa shape index (κ2) is 6.86. The molecule has 0 unspecified atom stereocenters. The Balaban J connectivity index is 1.85. The van der Waals surface area contributed by atoms with Crippen LogP contribution in [-0.2, 0) is 6.42 Å². The fourth-order valence-corrected chi connectivity index (χ4v) is 11.8. The summed E-state index contributed by atoms with van der Waals surface area (Å²) in [6.07, 6.45) is 3.08. The molecule has 5 rings (SSSR count). The van der Waals surface area contributed by atoms with Crippen molar-refractivity contribution in [2.45, 2.75) is 54.3 Å². The molecule has 1 aliphatic heterocycles. The number of aromatic nitrogens is 1. The number of hydrogen-bond donors (Lipinski definition) is 0. The first kappa shape index (κ1) is 20.1. The quantitative estimate of drug-likeness (QED) is 0.245. The molecule has 0 radical (unpaired) electrons. The Labute approximate surface area is 186 Å². The number of rotatable bonds is 2. The molecule has 0 amide bonds. The van der Waals surface area contributed by atoms with E-state index in [1.807, 2.05) is 18.0 Å². The van der Waals surface area contributed by atoms with Gasteiger partial charge in [-0.2, -0.15) is 0 Å². The summed E-state index contributed by atoms with van der Waals surface area (Å²) in [5.74, 6) is 7.55. The minimum absolute atomic E-state index is 0.273. The van der Waals surface area contributed by atoms with Crippen LogP contribution in [0.3, 0.4) is 0 Å². The van der Waals surface area contributed by atoms with Crippen LogP contribution in [0.15, 0.2) is 64.5 Å². The standard InChI is InChI=1S/C27H29GeNS/c1-27(2,3)16-17-13-19-11-12-29-25-21-15-18-9-7-8-10-20(18)24(28(4,5)6)26(21)30-22(14-17)23(19)25/h7-15H,16H2,1-6H3. The van der Waals surface area contributed by atoms with Gasteiger partial charge >= 0.3 is 187 Å². The van der Waals surface area contributed by atoms with E-state index < -0.39 is 13.3 Å². The summed E-state index contributed by atoms with van der Waals surface area (Å²) < 4.78 is 1.62. The molecule has 0 saturated carbocycles. The number of nitrogens with zero attached hydrogens (tertiary/aromatic N) is 1. The second-order valence-electron chi connectivity index (χ2n) is 10.8. The first-order valence-electron chi connectivity index (χ1n) is 10.8. The third-order valence-electron chi connectivity index (χ3n) is 5.84. The Hall–Kier alpha value is -1.78. The molecule has 0 aliphatic carbocycles. The zero-order valence-corrected chi connectivity index (χ0v) is 21.7. The Morgan fingerprint density at radius 2 is 1.70 bits per heavy atom. The van der Waals surface area contributed by atoms with Crippen LogP contribution in [0.1, 0.15) is 26.3 Å². The van der Waals surface area contributed by atoms with Crippen LogP contribution in [0.4, 0.5) is 0 Å². The van der Waals surface area contributed by atoms with E-state index in [9.17, 15) is 0 Å². The molecule has 4 aromatic rings. The molecule has 0 bridgehead atoms. The molecule has 0 spiro atoms. The fourth-order valence-electron chi connectivity index (χ4n) is 4.80. The second-order valence-corrected chi connectivity index (χ2v) is 22.3. The average Bonchev–Trinajstić information content (AvgIpc) is 2.64. The normalized spacial score (nSPS) is 13.7. The molecule has 0 saturated heterocycles. The molecule has 152 valence electrons. The maximum absolute atomic E-state index is 4.92. The topological polar surface area (TPSA) is 12.9 Å². The molecule has 3 aromatic carbocycles. The zero-order chi connectivity index (χ0) is 21.3. The number of pyridine rings is 1. The van der Waals surface area contributed by atoms with Gasteiger partial charge < -0.3 is 0 Å². The predicted molar refractivity (Wildman–Crippen MR) is 135 cm³/mol. The molecule has 3 heteroatoms. The van der Waals surface area contributed by atoms with Gasteiger partial charge in [0.25, 0.3) is 0 Å². The van der Waals surface area contributed by atoms with Crippen molar-refractivity contribution >= 4 is 51.0 Å². The first-order valence-corrected chi connectivity index (χ1v) is 18.9. The average molecular weight is 472 g/mol. The van der Waals surface area contributed by atoms with Crippen molar-refractivity contribution < 1.29 is 0 Å². The van der Waals surface area contributed by atoms with E-state index in [2.05, 4.69) is 86.6 Å². The van der Waals surface area contributed by atoms with E-state index in [0.717, 1.165) is 12.1 Å². The Bertz CT molecular complexity index is 1310. The summed E-state index contributed by atoms with van der Waals surface area (Å²) in [6.45, 7) is 6.96. The summed E-state index contributed by atoms with van der Waals surface area (Å²) in [7, 11) is 0. The Morgan fingerprint density at radius 3 is 2.43 bits per heavy atom. The van der Waals surface area contributed by atoms with Crippen molar-refractivity contribution in [3.8, 4) is 11.3 Å². The van der Waals surface area contributed by atoms with Gasteiger partial charge in [-0.05, 0) is 0 Å². The molecule has 0 N–H and O–H groups in total. The molecular weight excluding hydrogens is 443 g/mol. The molecule has 30 heavy (non-hydrogen) atoms. The van der Waals surface area contributed by atoms with E-state index >= 15 is 0 Å². The van der Waals surface area contributed by atoms with E-state index in [1.54, 1.807) is 4.40 Å². The van der Waals surface area contributed by atoms with Gasteiger partial charge in [0.2, 0.25) is 0 Å². The third-order valence-corrected chi connectivity index (χ3v) is 11.6. The monoisotopic (exact) mass is 473 g/mol. The van der Waals surface area contributed by atoms with Gasteiger partial charge in [0.15, 0.2) is 0 Å². The van der Waals surface area contributed by atoms with Crippen LogP contribution in [0.2, 0.25) is 17.3 Å². The third kappa shape index (κ3) is 3.38. The van der Waals surface area contributed by atoms with Gasteiger partial charge in [0.1, 0.15) is 0 Å². The van der Waals surface area contributed by atoms with E-state index in [0.29, 0.717) is 0 Å². The molecular formula is C27H29GeNS. The zero-order valence-electron chi connectivity index (χ0n) is 18.8. The summed E-state index contributed by atoms with van der Waals surface area (Å²) >= 11 is -0.162. The SMILES string of the molecule is CC(C)(C)Cc1cc2c3c(nccc3c1)-c1cc3ccccc3[c]([Ge]([CH3])([CH3])[CH3])c1S2. The van der Waals surface area contributed by atoms with Crippen molar-refractivity contribution in [3.05, 3.63) is 60.3 Å². The van der Waals surface area contributed by atoms with Gasteiger partial charge in [-0.25, -0.2) is 0 Å². The summed E-state index contributed by atoms with van der Waals surface area (Å²) in [5.41, 5.74) is 4.20. The summed E-state index contributed by atoms with van der Waals surface area (Å²) in [6, 6.07) is 18.3. The van der Waals surface area contributed by atoms with E-state index in [-0.39, 0.29) is 5.41 Å². The summed E-state index contributed by atoms with van der Waals surface area (Å²) in [4.78, 5) is 7.76. The van der Waals surface area contributed by atoms with Crippen LogP contribution in [-0.4, -0.2) is 18.3 Å². The van der Waals surface area contributed by atoms with Crippen LogP contribution < -0.4 is 4.40 Å². The van der Waals surface area contributed by atoms with Gasteiger partial charge in [0.05, 0.1) is 0 Å². The maximum atomic E-state index is 4.92. The predicted octanol–water partition coefficient (Wildman–Crippen LogP) is 7.65. The number of benzene rings is 3. The van der Waals surface area contributed by atoms with Gasteiger partial charge in [0, 0.05) is 0 Å². The van der Waals surface area contributed by atoms with Crippen molar-refractivity contribution in [1.82, 2.24) is 4.98 Å². The van der Waals surface area contributed by atoms with Crippen LogP contribution in [0, 0.1) is 5.41 Å². The molecule has 1 aliphatic rings. The van der Waals surface area contributed by atoms with E-state index in [4.69, 9.17) is 4.98 Å². The van der Waals surface area contributed by atoms with Gasteiger partial charge in [-0.3, -0.25) is 0 Å². The minimum atomic E-state index is -2.15. The number of hydrogen-bond acceptors (Lipinski definition) is 2. The van der Waals surface area contributed by atoms with Crippen LogP contribution >= 0.6 is 11.8 Å². The van der Waals surface area contributed by atoms with Crippen molar-refractivity contribution in [3.63, 3.8) is 0 Å². The van der Waals surface area contributed by atoms with Gasteiger partial charge in [-0.15, -0.1) is 0 Å². The van der Waals surface area contributed by atoms with Gasteiger partial charge in [-0.1, -0.05) is 0 Å². The molecule has 1 nitrogen and oxygen atoms in total. The molecule has 2 heterocycles. The Morgan fingerprint density at radius 1 is 0.933 bits per heavy atom. The van der Waals surface area contributed by atoms with E-state index in [1.165, 1.54) is 42.5 Å². The fraction of sp³-hybridized carbons (Fsp3) is 0.296. The van der Waals surface area contributed by atoms with Crippen LogP contribution in [0.5, 0.6) is 0 Å². The van der Waals surface area contributed by atoms with Crippen molar-refractivity contribution in [1.29, 1.82) is 0 Å². The number of fused-ring (bicyclic) bond motifs is 3. The van der Waals surface area contributed by atoms with Crippen molar-refractivity contribution in [2.75, 3.05) is 0 Å². The Kier molecular flexibility index (Phi) is 4.61. The summed E-state index contributed by atoms with van der Waals surface area (Å²) in [5, 5.41) is 5.44. The molecule has 0 atom stereocenters. The van der Waals surface area contributed by atoms with Crippen LogP contribution in [0.25, 0.3) is 32.8 Å². The first-order chi connectivity index (χ1) is 14.1. The molecule has 0 fully saturated rings. The molecule has 1 aromatic heterocycles. The van der Waals surface area contributed by atoms with Crippen molar-refractivity contribution in [2.24, 2.45) is 5.41 Å².